The average molecular weight is 447 g/mol. The van der Waals surface area contributed by atoms with Gasteiger partial charge >= 0.3 is 0 Å². The largest absolute Gasteiger partial charge is 0.379 e. The number of nitrogens with one attached hydrogen (secondary N) is 1. The third-order valence-corrected chi connectivity index (χ3v) is 6.75. The van der Waals surface area contributed by atoms with Crippen LogP contribution < -0.4 is 5.32 Å². The Balaban J connectivity index is 1.78. The Morgan fingerprint density at radius 3 is 2.57 bits per heavy atom. The summed E-state index contributed by atoms with van der Waals surface area (Å²) in [5.41, 5.74) is 4.08. The molecule has 0 aliphatic carbocycles. The van der Waals surface area contributed by atoms with Gasteiger partial charge in [-0.2, -0.15) is 0 Å². The summed E-state index contributed by atoms with van der Waals surface area (Å²) in [5, 5.41) is 8.19. The van der Waals surface area contributed by atoms with Gasteiger partial charge in [0.15, 0.2) is 0 Å². The maximum absolute atomic E-state index is 5.42. The normalized spacial score (nSPS) is 16.9. The van der Waals surface area contributed by atoms with Crippen LogP contribution in [0.5, 0.6) is 0 Å². The van der Waals surface area contributed by atoms with Crippen LogP contribution in [0.3, 0.4) is 0 Å². The quantitative estimate of drug-likeness (QED) is 0.418. The number of hydrogen-bond donors (Lipinski definition) is 1. The maximum Gasteiger partial charge on any atom is 0.0682 e. The second-order valence-electron chi connectivity index (χ2n) is 8.15. The van der Waals surface area contributed by atoms with E-state index in [4.69, 9.17) is 4.74 Å². The molecule has 1 aromatic rings. The van der Waals surface area contributed by atoms with Gasteiger partial charge in [-0.3, -0.25) is 4.90 Å². The summed E-state index contributed by atoms with van der Waals surface area (Å²) in [6.45, 7) is 13.7. The standard InChI is InChI=1S/C25H39N2OPS/c1-5-25(26-20(2)3)30-19-21(4)8-13-24(29)23-11-9-22(10-12-23)7-6-14-27-15-17-28-18-16-27/h5,9-13,19-20,26H,6-8,14-18,29H2,1-4H3/b21-19+,24-13+,25-5+. The van der Waals surface area contributed by atoms with Gasteiger partial charge in [-0.25, -0.2) is 0 Å². The fourth-order valence-electron chi connectivity index (χ4n) is 3.27. The molecule has 30 heavy (non-hydrogen) atoms. The second-order valence-corrected chi connectivity index (χ2v) is 9.69. The van der Waals surface area contributed by atoms with Gasteiger partial charge in [0, 0.05) is 19.1 Å². The monoisotopic (exact) mass is 446 g/mol. The van der Waals surface area contributed by atoms with Gasteiger partial charge in [0.1, 0.15) is 0 Å². The summed E-state index contributed by atoms with van der Waals surface area (Å²) in [5.74, 6) is 0. The van der Waals surface area contributed by atoms with Crippen LogP contribution in [0.4, 0.5) is 0 Å². The van der Waals surface area contributed by atoms with E-state index in [1.165, 1.54) is 40.0 Å². The van der Waals surface area contributed by atoms with Crippen molar-refractivity contribution in [1.82, 2.24) is 10.2 Å². The highest BCUT2D eigenvalue weighted by Gasteiger charge is 2.09. The summed E-state index contributed by atoms with van der Waals surface area (Å²) in [7, 11) is 2.90. The number of ether oxygens (including phenoxy) is 1. The Morgan fingerprint density at radius 1 is 1.23 bits per heavy atom. The second kappa shape index (κ2) is 14.1. The molecule has 0 radical (unpaired) electrons. The Morgan fingerprint density at radius 2 is 1.93 bits per heavy atom. The molecule has 5 heteroatoms. The van der Waals surface area contributed by atoms with Crippen molar-refractivity contribution in [2.45, 2.75) is 53.0 Å². The van der Waals surface area contributed by atoms with Crippen LogP contribution in [0, 0.1) is 0 Å². The first kappa shape index (κ1) is 25.2. The van der Waals surface area contributed by atoms with Crippen molar-refractivity contribution in [1.29, 1.82) is 0 Å². The molecule has 3 nitrogen and oxygen atoms in total. The minimum Gasteiger partial charge on any atom is -0.379 e. The van der Waals surface area contributed by atoms with E-state index in [9.17, 15) is 0 Å². The smallest absolute Gasteiger partial charge is 0.0682 e. The molecule has 1 N–H and O–H groups in total. The molecule has 1 unspecified atom stereocenters. The van der Waals surface area contributed by atoms with Crippen molar-refractivity contribution in [3.8, 4) is 0 Å². The van der Waals surface area contributed by atoms with Crippen molar-refractivity contribution in [2.75, 3.05) is 32.8 Å². The highest BCUT2D eigenvalue weighted by atomic mass is 32.2. The predicted octanol–water partition coefficient (Wildman–Crippen LogP) is 6.05. The minimum atomic E-state index is 0.457. The zero-order valence-corrected chi connectivity index (χ0v) is 21.1. The molecule has 1 aliphatic heterocycles. The first-order valence-corrected chi connectivity index (χ1v) is 12.5. The molecule has 0 spiro atoms. The number of nitrogens with zero attached hydrogens (tertiary/aromatic N) is 1. The van der Waals surface area contributed by atoms with Gasteiger partial charge < -0.3 is 10.1 Å². The van der Waals surface area contributed by atoms with E-state index in [-0.39, 0.29) is 0 Å². The van der Waals surface area contributed by atoms with Crippen molar-refractivity contribution >= 4 is 26.3 Å². The molecule has 0 amide bonds. The lowest BCUT2D eigenvalue weighted by Crippen LogP contribution is -2.36. The number of rotatable bonds is 11. The maximum atomic E-state index is 5.42. The van der Waals surface area contributed by atoms with Gasteiger partial charge in [-0.15, -0.1) is 9.24 Å². The van der Waals surface area contributed by atoms with Gasteiger partial charge in [-0.1, -0.05) is 53.8 Å². The summed E-state index contributed by atoms with van der Waals surface area (Å²) in [4.78, 5) is 2.51. The lowest BCUT2D eigenvalue weighted by Gasteiger charge is -2.26. The predicted molar refractivity (Wildman–Crippen MR) is 138 cm³/mol. The number of hydrogen-bond acceptors (Lipinski definition) is 4. The molecule has 1 saturated heterocycles. The third kappa shape index (κ3) is 9.83. The molecule has 166 valence electrons. The zero-order valence-electron chi connectivity index (χ0n) is 19.1. The van der Waals surface area contributed by atoms with Gasteiger partial charge in [0.05, 0.1) is 18.2 Å². The molecule has 1 atom stereocenters. The molecular weight excluding hydrogens is 407 g/mol. The molecule has 0 bridgehead atoms. The summed E-state index contributed by atoms with van der Waals surface area (Å²) in [6, 6.07) is 9.52. The fourth-order valence-corrected chi connectivity index (χ4v) is 4.44. The van der Waals surface area contributed by atoms with E-state index in [0.29, 0.717) is 6.04 Å². The van der Waals surface area contributed by atoms with E-state index in [0.717, 1.165) is 39.1 Å². The lowest BCUT2D eigenvalue weighted by molar-refractivity contribution is 0.0375. The van der Waals surface area contributed by atoms with Crippen LogP contribution in [-0.4, -0.2) is 43.8 Å². The lowest BCUT2D eigenvalue weighted by atomic mass is 10.1. The molecule has 1 fully saturated rings. The first-order valence-electron chi connectivity index (χ1n) is 11.1. The number of aryl methyl sites for hydroxylation is 1. The molecule has 1 aliphatic rings. The van der Waals surface area contributed by atoms with Crippen molar-refractivity contribution in [2.24, 2.45) is 0 Å². The van der Waals surface area contributed by atoms with Gasteiger partial charge in [-0.05, 0) is 75.4 Å². The zero-order chi connectivity index (χ0) is 21.8. The van der Waals surface area contributed by atoms with Gasteiger partial charge in [0.2, 0.25) is 0 Å². The molecule has 1 aromatic carbocycles. The van der Waals surface area contributed by atoms with Crippen molar-refractivity contribution < 1.29 is 4.74 Å². The summed E-state index contributed by atoms with van der Waals surface area (Å²) >= 11 is 1.77. The first-order chi connectivity index (χ1) is 14.5. The van der Waals surface area contributed by atoms with E-state index in [2.05, 4.69) is 89.0 Å². The van der Waals surface area contributed by atoms with Crippen molar-refractivity contribution in [3.63, 3.8) is 0 Å². The average Bonchev–Trinajstić information content (AvgIpc) is 2.76. The Labute approximate surface area is 190 Å². The fraction of sp³-hybridized carbons (Fsp3) is 0.520. The Hall–Kier alpha value is -1.06. The highest BCUT2D eigenvalue weighted by Crippen LogP contribution is 2.25. The minimum absolute atomic E-state index is 0.457. The topological polar surface area (TPSA) is 24.5 Å². The van der Waals surface area contributed by atoms with E-state index in [1.54, 1.807) is 11.8 Å². The van der Waals surface area contributed by atoms with Crippen LogP contribution in [-0.2, 0) is 11.2 Å². The van der Waals surface area contributed by atoms with Crippen molar-refractivity contribution in [3.05, 3.63) is 63.6 Å². The Bertz CT molecular complexity index is 719. The molecule has 0 aromatic heterocycles. The molecule has 2 rings (SSSR count). The van der Waals surface area contributed by atoms with Crippen LogP contribution >= 0.6 is 21.0 Å². The van der Waals surface area contributed by atoms with E-state index in [1.807, 2.05) is 0 Å². The van der Waals surface area contributed by atoms with Crippen LogP contribution in [0.15, 0.2) is 52.4 Å². The molecule has 0 saturated carbocycles. The SMILES string of the molecule is C/C=C(\NC(C)C)S/C=C(\C)C/C=C(/P)c1ccc(CCCN2CCOCC2)cc1. The number of morpholine rings is 1. The number of allylic oxidation sites excluding steroid dienone is 3. The van der Waals surface area contributed by atoms with Crippen LogP contribution in [0.2, 0.25) is 0 Å². The molecule has 1 heterocycles. The van der Waals surface area contributed by atoms with Gasteiger partial charge in [0.25, 0.3) is 0 Å². The number of thioether (sulfide) groups is 1. The summed E-state index contributed by atoms with van der Waals surface area (Å²) < 4.78 is 5.42. The Kier molecular flexibility index (Phi) is 11.8. The summed E-state index contributed by atoms with van der Waals surface area (Å²) in [6.07, 6.45) is 7.75. The van der Waals surface area contributed by atoms with Crippen LogP contribution in [0.25, 0.3) is 5.31 Å². The van der Waals surface area contributed by atoms with Crippen LogP contribution in [0.1, 0.15) is 51.7 Å². The van der Waals surface area contributed by atoms with E-state index < -0.39 is 0 Å². The highest BCUT2D eigenvalue weighted by molar-refractivity contribution is 8.05. The third-order valence-electron chi connectivity index (χ3n) is 5.05. The molecular formula is C25H39N2OPS. The van der Waals surface area contributed by atoms with E-state index >= 15 is 0 Å². The number of benzene rings is 1.